The molecule has 204 valence electrons. The topological polar surface area (TPSA) is 79.9 Å². The van der Waals surface area contributed by atoms with Crippen LogP contribution in [0.25, 0.3) is 0 Å². The number of hydrogen-bond donors (Lipinski definition) is 2. The van der Waals surface area contributed by atoms with Crippen LogP contribution in [0.5, 0.6) is 11.5 Å². The quantitative estimate of drug-likeness (QED) is 0.512. The molecule has 1 atom stereocenters. The molecule has 1 aliphatic carbocycles. The fraction of sp³-hybridized carbons (Fsp3) is 0.481. The van der Waals surface area contributed by atoms with Gasteiger partial charge in [-0.25, -0.2) is 9.18 Å². The van der Waals surface area contributed by atoms with Gasteiger partial charge >= 0.3 is 12.4 Å². The predicted molar refractivity (Wildman–Crippen MR) is 129 cm³/mol. The van der Waals surface area contributed by atoms with Crippen molar-refractivity contribution >= 4 is 11.9 Å². The summed E-state index contributed by atoms with van der Waals surface area (Å²) in [5.74, 6) is -0.429. The van der Waals surface area contributed by atoms with Crippen molar-refractivity contribution in [2.24, 2.45) is 5.92 Å². The maximum absolute atomic E-state index is 14.1. The number of piperidine rings is 1. The number of hydrogen-bond acceptors (Lipinski definition) is 4. The Morgan fingerprint density at radius 3 is 2.53 bits per heavy atom. The molecule has 1 saturated carbocycles. The highest BCUT2D eigenvalue weighted by Crippen LogP contribution is 2.42. The van der Waals surface area contributed by atoms with Crippen LogP contribution in [0.1, 0.15) is 42.7 Å². The van der Waals surface area contributed by atoms with E-state index in [0.717, 1.165) is 18.4 Å². The molecule has 38 heavy (non-hydrogen) atoms. The molecule has 3 fully saturated rings. The van der Waals surface area contributed by atoms with Gasteiger partial charge in [0.05, 0.1) is 18.6 Å². The fourth-order valence-electron chi connectivity index (χ4n) is 5.35. The molecule has 0 bridgehead atoms. The number of likely N-dealkylation sites (tertiary alicyclic amines) is 1. The number of halogens is 4. The molecule has 3 aliphatic rings. The first-order valence-corrected chi connectivity index (χ1v) is 12.7. The van der Waals surface area contributed by atoms with Gasteiger partial charge in [-0.05, 0) is 43.7 Å². The van der Waals surface area contributed by atoms with Crippen LogP contribution in [0.3, 0.4) is 0 Å². The molecular formula is C27H29F4N3O4. The van der Waals surface area contributed by atoms with E-state index in [4.69, 9.17) is 4.74 Å². The van der Waals surface area contributed by atoms with E-state index in [-0.39, 0.29) is 29.8 Å². The molecule has 7 nitrogen and oxygen atoms in total. The predicted octanol–water partition coefficient (Wildman–Crippen LogP) is 4.51. The number of rotatable bonds is 7. The molecule has 2 saturated heterocycles. The number of urea groups is 1. The summed E-state index contributed by atoms with van der Waals surface area (Å²) in [6.07, 6.45) is -2.07. The zero-order valence-corrected chi connectivity index (χ0v) is 20.7. The van der Waals surface area contributed by atoms with E-state index < -0.39 is 23.5 Å². The van der Waals surface area contributed by atoms with Gasteiger partial charge in [-0.15, -0.1) is 13.2 Å². The maximum atomic E-state index is 14.1. The van der Waals surface area contributed by atoms with Crippen LogP contribution in [0.4, 0.5) is 22.4 Å². The van der Waals surface area contributed by atoms with E-state index in [1.165, 1.54) is 30.3 Å². The number of ether oxygens (including phenoxy) is 2. The average Bonchev–Trinajstić information content (AvgIpc) is 3.69. The number of benzene rings is 2. The van der Waals surface area contributed by atoms with Gasteiger partial charge in [0.2, 0.25) is 5.91 Å². The Morgan fingerprint density at radius 1 is 1.08 bits per heavy atom. The van der Waals surface area contributed by atoms with Crippen LogP contribution in [-0.2, 0) is 11.2 Å². The second-order valence-corrected chi connectivity index (χ2v) is 10.2. The third-order valence-corrected chi connectivity index (χ3v) is 7.57. The maximum Gasteiger partial charge on any atom is 0.573 e. The molecule has 5 rings (SSSR count). The summed E-state index contributed by atoms with van der Waals surface area (Å²) in [6.45, 7) is 1.44. The van der Waals surface area contributed by atoms with Gasteiger partial charge in [0.15, 0.2) is 0 Å². The van der Waals surface area contributed by atoms with Gasteiger partial charge in [0.1, 0.15) is 17.3 Å². The van der Waals surface area contributed by atoms with E-state index in [0.29, 0.717) is 50.8 Å². The zero-order chi connectivity index (χ0) is 26.9. The van der Waals surface area contributed by atoms with Crippen molar-refractivity contribution in [3.05, 3.63) is 59.4 Å². The number of carbonyl (C=O) groups excluding carboxylic acids is 2. The third kappa shape index (κ3) is 5.97. The SMILES string of the molecule is O=C1NC[C@@H](c2ccc(F)cc2OCC2CC2)C2(CCN(C(=O)Cc3ccccc3OC(F)(F)F)CC2)N1. The lowest BCUT2D eigenvalue weighted by atomic mass is 9.71. The van der Waals surface area contributed by atoms with Crippen molar-refractivity contribution in [2.45, 2.75) is 49.9 Å². The average molecular weight is 536 g/mol. The van der Waals surface area contributed by atoms with E-state index in [2.05, 4.69) is 15.4 Å². The molecule has 2 N–H and O–H groups in total. The lowest BCUT2D eigenvalue weighted by Gasteiger charge is -2.49. The summed E-state index contributed by atoms with van der Waals surface area (Å²) in [6, 6.07) is 9.71. The van der Waals surface area contributed by atoms with Gasteiger partial charge in [0.25, 0.3) is 0 Å². The second kappa shape index (κ2) is 10.3. The molecule has 0 aromatic heterocycles. The second-order valence-electron chi connectivity index (χ2n) is 10.2. The van der Waals surface area contributed by atoms with E-state index in [9.17, 15) is 27.2 Å². The first-order valence-electron chi connectivity index (χ1n) is 12.7. The van der Waals surface area contributed by atoms with Crippen molar-refractivity contribution in [3.8, 4) is 11.5 Å². The number of alkyl halides is 3. The highest BCUT2D eigenvalue weighted by Gasteiger charge is 2.47. The summed E-state index contributed by atoms with van der Waals surface area (Å²) >= 11 is 0. The molecule has 0 radical (unpaired) electrons. The van der Waals surface area contributed by atoms with E-state index in [1.54, 1.807) is 17.0 Å². The normalized spacial score (nSPS) is 21.0. The number of nitrogens with zero attached hydrogens (tertiary/aromatic N) is 1. The van der Waals surface area contributed by atoms with Crippen molar-refractivity contribution in [1.82, 2.24) is 15.5 Å². The molecule has 2 aromatic rings. The summed E-state index contributed by atoms with van der Waals surface area (Å²) in [5.41, 5.74) is 0.246. The van der Waals surface area contributed by atoms with Gasteiger partial charge < -0.3 is 25.0 Å². The minimum Gasteiger partial charge on any atom is -0.493 e. The fourth-order valence-corrected chi connectivity index (χ4v) is 5.35. The van der Waals surface area contributed by atoms with Crippen LogP contribution in [0, 0.1) is 11.7 Å². The minimum absolute atomic E-state index is 0.145. The number of amides is 3. The monoisotopic (exact) mass is 535 g/mol. The first kappa shape index (κ1) is 26.1. The highest BCUT2D eigenvalue weighted by molar-refractivity contribution is 5.80. The van der Waals surface area contributed by atoms with Crippen LogP contribution >= 0.6 is 0 Å². The van der Waals surface area contributed by atoms with Crippen molar-refractivity contribution in [2.75, 3.05) is 26.2 Å². The Labute approximate surface area is 217 Å². The van der Waals surface area contributed by atoms with Crippen LogP contribution in [0.15, 0.2) is 42.5 Å². The van der Waals surface area contributed by atoms with Crippen LogP contribution in [-0.4, -0.2) is 55.0 Å². The third-order valence-electron chi connectivity index (χ3n) is 7.57. The van der Waals surface area contributed by atoms with Crippen LogP contribution < -0.4 is 20.1 Å². The summed E-state index contributed by atoms with van der Waals surface area (Å²) in [4.78, 5) is 27.0. The standard InChI is InChI=1S/C27H29F4N3O4/c28-19-7-8-20(23(14-19)37-16-17-5-6-17)21-15-32-25(36)33-26(21)9-11-34(12-10-26)24(35)13-18-3-1-2-4-22(18)38-27(29,30)31/h1-4,7-8,14,17,21H,5-6,9-13,15-16H2,(H2,32,33,36)/t21-/m0/s1. The Kier molecular flexibility index (Phi) is 7.11. The summed E-state index contributed by atoms with van der Waals surface area (Å²) in [7, 11) is 0. The van der Waals surface area contributed by atoms with Crippen molar-refractivity contribution in [3.63, 3.8) is 0 Å². The molecule has 1 spiro atoms. The number of carbonyl (C=O) groups is 2. The number of nitrogens with one attached hydrogen (secondary N) is 2. The molecule has 2 aliphatic heterocycles. The Balaban J connectivity index is 1.30. The molecule has 2 heterocycles. The van der Waals surface area contributed by atoms with Crippen molar-refractivity contribution < 1.29 is 36.6 Å². The summed E-state index contributed by atoms with van der Waals surface area (Å²) in [5, 5.41) is 5.89. The van der Waals surface area contributed by atoms with Gasteiger partial charge in [-0.1, -0.05) is 24.3 Å². The lowest BCUT2D eigenvalue weighted by Crippen LogP contribution is -2.66. The smallest absolute Gasteiger partial charge is 0.493 e. The van der Waals surface area contributed by atoms with Gasteiger partial charge in [0, 0.05) is 42.7 Å². The lowest BCUT2D eigenvalue weighted by molar-refractivity contribution is -0.274. The Bertz CT molecular complexity index is 1190. The van der Waals surface area contributed by atoms with E-state index >= 15 is 0 Å². The Morgan fingerprint density at radius 2 is 1.82 bits per heavy atom. The van der Waals surface area contributed by atoms with Crippen LogP contribution in [0.2, 0.25) is 0 Å². The zero-order valence-electron chi connectivity index (χ0n) is 20.7. The van der Waals surface area contributed by atoms with Gasteiger partial charge in [-0.2, -0.15) is 0 Å². The molecule has 11 heteroatoms. The molecule has 3 amide bonds. The minimum atomic E-state index is -4.86. The first-order chi connectivity index (χ1) is 18.1. The molecule has 2 aromatic carbocycles. The number of para-hydroxylation sites is 1. The summed E-state index contributed by atoms with van der Waals surface area (Å²) < 4.78 is 62.5. The largest absolute Gasteiger partial charge is 0.573 e. The Hall–Kier alpha value is -3.50. The highest BCUT2D eigenvalue weighted by atomic mass is 19.4. The van der Waals surface area contributed by atoms with Gasteiger partial charge in [-0.3, -0.25) is 4.79 Å². The molecule has 0 unspecified atom stereocenters. The van der Waals surface area contributed by atoms with E-state index in [1.807, 2.05) is 0 Å². The molecular weight excluding hydrogens is 506 g/mol. The van der Waals surface area contributed by atoms with Crippen molar-refractivity contribution in [1.29, 1.82) is 0 Å².